The Hall–Kier alpha value is -1.08. The van der Waals surface area contributed by atoms with Crippen molar-refractivity contribution in [1.29, 1.82) is 0 Å². The van der Waals surface area contributed by atoms with Gasteiger partial charge in [-0.25, -0.2) is 4.79 Å². The minimum atomic E-state index is -1.76. The zero-order valence-electron chi connectivity index (χ0n) is 17.1. The number of aliphatic hydroxyl groups is 4. The minimum absolute atomic E-state index is 0.00292. The first-order chi connectivity index (χ1) is 13.5. The van der Waals surface area contributed by atoms with Crippen molar-refractivity contribution in [3.8, 4) is 0 Å². The summed E-state index contributed by atoms with van der Waals surface area (Å²) < 4.78 is 10.9. The van der Waals surface area contributed by atoms with Gasteiger partial charge in [-0.1, -0.05) is 27.7 Å². The fourth-order valence-corrected chi connectivity index (χ4v) is 2.97. The summed E-state index contributed by atoms with van der Waals surface area (Å²) >= 11 is 5.58. The molecule has 0 bridgehead atoms. The van der Waals surface area contributed by atoms with Gasteiger partial charge in [-0.3, -0.25) is 4.90 Å². The number of rotatable bonds is 10. The Bertz CT molecular complexity index is 527. The molecule has 4 N–H and O–H groups in total. The lowest BCUT2D eigenvalue weighted by molar-refractivity contribution is -0.319. The van der Waals surface area contributed by atoms with E-state index >= 15 is 0 Å². The largest absolute Gasteiger partial charge is 0.387 e. The summed E-state index contributed by atoms with van der Waals surface area (Å²) in [4.78, 5) is 24.6. The van der Waals surface area contributed by atoms with E-state index in [1.807, 2.05) is 13.8 Å². The highest BCUT2D eigenvalue weighted by Crippen LogP contribution is 2.27. The topological polar surface area (TPSA) is 152 Å². The lowest BCUT2D eigenvalue weighted by Gasteiger charge is -2.44. The van der Waals surface area contributed by atoms with Crippen LogP contribution in [-0.2, 0) is 9.47 Å². The second kappa shape index (κ2) is 11.9. The van der Waals surface area contributed by atoms with Crippen molar-refractivity contribution in [1.82, 2.24) is 9.91 Å². The molecule has 1 fully saturated rings. The van der Waals surface area contributed by atoms with Gasteiger partial charge in [0.1, 0.15) is 24.4 Å². The molecule has 11 nitrogen and oxygen atoms in total. The van der Waals surface area contributed by atoms with Crippen molar-refractivity contribution in [2.75, 3.05) is 25.6 Å². The van der Waals surface area contributed by atoms with Crippen LogP contribution in [0.1, 0.15) is 27.7 Å². The third kappa shape index (κ3) is 6.99. The number of aliphatic hydroxyl groups excluding tert-OH is 4. The van der Waals surface area contributed by atoms with E-state index < -0.39 is 43.0 Å². The van der Waals surface area contributed by atoms with E-state index in [2.05, 4.69) is 5.29 Å². The van der Waals surface area contributed by atoms with Crippen LogP contribution in [0.3, 0.4) is 0 Å². The van der Waals surface area contributed by atoms with Gasteiger partial charge in [0.25, 0.3) is 0 Å². The zero-order chi connectivity index (χ0) is 22.3. The number of nitrogens with zero attached hydrogens (tertiary/aromatic N) is 3. The molecule has 0 spiro atoms. The molecule has 6 atom stereocenters. The fraction of sp³-hybridized carbons (Fsp3) is 0.941. The van der Waals surface area contributed by atoms with Crippen molar-refractivity contribution in [2.24, 2.45) is 17.1 Å². The smallest absolute Gasteiger partial charge is 0.345 e. The van der Waals surface area contributed by atoms with E-state index in [1.165, 1.54) is 0 Å². The molecule has 1 heterocycles. The number of carbonyl (C=O) groups excluding carboxylic acids is 1. The number of hydrogen-bond donors (Lipinski definition) is 4. The highest BCUT2D eigenvalue weighted by atomic mass is 35.5. The lowest BCUT2D eigenvalue weighted by Crippen LogP contribution is -2.65. The molecule has 0 aromatic carbocycles. The SMILES string of the molecule is CC(C)CO[C@@H]1O[C@H](C(O)N(CC(C)C)C(=O)N(CCCl)N=O)[C@@H](O)[C@H](O)[C@H]1O. The molecular formula is C17H32ClN3O8. The lowest BCUT2D eigenvalue weighted by atomic mass is 9.97. The van der Waals surface area contributed by atoms with Crippen molar-refractivity contribution in [3.63, 3.8) is 0 Å². The third-order valence-electron chi connectivity index (χ3n) is 4.24. The number of halogens is 1. The van der Waals surface area contributed by atoms with Crippen LogP contribution in [0.2, 0.25) is 0 Å². The molecule has 12 heteroatoms. The molecule has 1 rings (SSSR count). The van der Waals surface area contributed by atoms with Crippen LogP contribution in [0.15, 0.2) is 5.29 Å². The monoisotopic (exact) mass is 441 g/mol. The number of amides is 2. The highest BCUT2D eigenvalue weighted by Gasteiger charge is 2.49. The molecule has 0 aliphatic carbocycles. The van der Waals surface area contributed by atoms with Gasteiger partial charge in [-0.15, -0.1) is 16.5 Å². The molecular weight excluding hydrogens is 410 g/mol. The third-order valence-corrected chi connectivity index (χ3v) is 4.41. The quantitative estimate of drug-likeness (QED) is 0.161. The van der Waals surface area contributed by atoms with Crippen LogP contribution in [0.25, 0.3) is 0 Å². The molecule has 0 aromatic rings. The average molecular weight is 442 g/mol. The summed E-state index contributed by atoms with van der Waals surface area (Å²) in [5.41, 5.74) is 0. The van der Waals surface area contributed by atoms with Gasteiger partial charge in [0.05, 0.1) is 18.4 Å². The zero-order valence-corrected chi connectivity index (χ0v) is 17.8. The van der Waals surface area contributed by atoms with Gasteiger partial charge in [-0.2, -0.15) is 5.01 Å². The first-order valence-corrected chi connectivity index (χ1v) is 10.0. The van der Waals surface area contributed by atoms with Gasteiger partial charge in [0.2, 0.25) is 0 Å². The molecule has 0 saturated carbocycles. The molecule has 2 amide bonds. The molecule has 1 saturated heterocycles. The maximum atomic E-state index is 12.7. The van der Waals surface area contributed by atoms with Gasteiger partial charge in [0, 0.05) is 12.4 Å². The van der Waals surface area contributed by atoms with Crippen LogP contribution in [0, 0.1) is 16.7 Å². The first kappa shape index (κ1) is 26.0. The Balaban J connectivity index is 3.09. The Morgan fingerprint density at radius 3 is 2.24 bits per heavy atom. The van der Waals surface area contributed by atoms with Crippen molar-refractivity contribution < 1.29 is 34.7 Å². The van der Waals surface area contributed by atoms with E-state index in [4.69, 9.17) is 21.1 Å². The second-order valence-corrected chi connectivity index (χ2v) is 8.18. The molecule has 0 aromatic heterocycles. The molecule has 1 unspecified atom stereocenters. The first-order valence-electron chi connectivity index (χ1n) is 9.51. The fourth-order valence-electron chi connectivity index (χ4n) is 2.81. The second-order valence-electron chi connectivity index (χ2n) is 7.80. The number of ether oxygens (including phenoxy) is 2. The average Bonchev–Trinajstić information content (AvgIpc) is 2.66. The maximum Gasteiger partial charge on any atom is 0.345 e. The van der Waals surface area contributed by atoms with Gasteiger partial charge in [0.15, 0.2) is 12.5 Å². The normalized spacial score (nSPS) is 28.4. The highest BCUT2D eigenvalue weighted by molar-refractivity contribution is 6.18. The molecule has 1 aliphatic heterocycles. The molecule has 0 radical (unpaired) electrons. The van der Waals surface area contributed by atoms with Crippen LogP contribution in [0.4, 0.5) is 4.79 Å². The number of nitroso groups, excluding NO2 is 1. The van der Waals surface area contributed by atoms with Crippen LogP contribution in [0.5, 0.6) is 0 Å². The van der Waals surface area contributed by atoms with E-state index in [9.17, 15) is 30.1 Å². The van der Waals surface area contributed by atoms with Gasteiger partial charge < -0.3 is 29.9 Å². The molecule has 29 heavy (non-hydrogen) atoms. The van der Waals surface area contributed by atoms with Crippen LogP contribution < -0.4 is 0 Å². The molecule has 1 aliphatic rings. The number of hydrogen-bond acceptors (Lipinski definition) is 9. The Morgan fingerprint density at radius 2 is 1.76 bits per heavy atom. The summed E-state index contributed by atoms with van der Waals surface area (Å²) in [6.45, 7) is 7.30. The maximum absolute atomic E-state index is 12.7. The van der Waals surface area contributed by atoms with Crippen LogP contribution in [-0.4, -0.2) is 98.9 Å². The van der Waals surface area contributed by atoms with E-state index in [-0.39, 0.29) is 37.4 Å². The Morgan fingerprint density at radius 1 is 1.14 bits per heavy atom. The Labute approximate surface area is 175 Å². The van der Waals surface area contributed by atoms with Crippen LogP contribution >= 0.6 is 11.6 Å². The van der Waals surface area contributed by atoms with E-state index in [1.54, 1.807) is 13.8 Å². The van der Waals surface area contributed by atoms with Crippen molar-refractivity contribution in [2.45, 2.75) is 64.6 Å². The number of urea groups is 1. The standard InChI is InChI=1S/C17H32ClN3O8/c1-9(2)7-20(17(26)21(19-27)6-5-18)15(25)14-12(23)11(22)13(24)16(29-14)28-8-10(3)4/h9-16,22-25H,5-8H2,1-4H3/t11-,12-,13+,14-,15?,16+/m0/s1. The summed E-state index contributed by atoms with van der Waals surface area (Å²) in [6, 6.07) is -0.932. The summed E-state index contributed by atoms with van der Waals surface area (Å²) in [7, 11) is 0. The summed E-state index contributed by atoms with van der Waals surface area (Å²) in [6.07, 6.45) is -9.53. The summed E-state index contributed by atoms with van der Waals surface area (Å²) in [5, 5.41) is 44.6. The molecule has 170 valence electrons. The Kier molecular flexibility index (Phi) is 10.7. The van der Waals surface area contributed by atoms with Gasteiger partial charge in [-0.05, 0) is 11.8 Å². The van der Waals surface area contributed by atoms with Crippen molar-refractivity contribution in [3.05, 3.63) is 4.91 Å². The predicted molar refractivity (Wildman–Crippen MR) is 104 cm³/mol. The minimum Gasteiger partial charge on any atom is -0.387 e. The van der Waals surface area contributed by atoms with Gasteiger partial charge >= 0.3 is 6.03 Å². The van der Waals surface area contributed by atoms with E-state index in [0.717, 1.165) is 4.90 Å². The van der Waals surface area contributed by atoms with E-state index in [0.29, 0.717) is 5.01 Å². The number of carbonyl (C=O) groups is 1. The predicted octanol–water partition coefficient (Wildman–Crippen LogP) is 0.0852. The van der Waals surface area contributed by atoms with Crippen molar-refractivity contribution >= 4 is 17.6 Å². The summed E-state index contributed by atoms with van der Waals surface area (Å²) in [5.74, 6) is -0.0795. The number of alkyl halides is 1.